The number of anilines is 1. The average Bonchev–Trinajstić information content (AvgIpc) is 2.52. The topological polar surface area (TPSA) is 61.0 Å². The molecular weight excluding hydrogens is 180 g/mol. The lowest BCUT2D eigenvalue weighted by atomic mass is 9.92. The molecule has 0 saturated carbocycles. The predicted molar refractivity (Wildman–Crippen MR) is 51.2 cm³/mol. The Morgan fingerprint density at radius 3 is 3.29 bits per heavy atom. The van der Waals surface area contributed by atoms with Gasteiger partial charge in [-0.25, -0.2) is 4.98 Å². The highest BCUT2D eigenvalue weighted by molar-refractivity contribution is 5.42. The Kier molecular flexibility index (Phi) is 1.61. The molecule has 5 heteroatoms. The van der Waals surface area contributed by atoms with Gasteiger partial charge in [0, 0.05) is 31.6 Å². The first-order valence-electron chi connectivity index (χ1n) is 4.79. The second kappa shape index (κ2) is 2.81. The van der Waals surface area contributed by atoms with Gasteiger partial charge in [-0.1, -0.05) is 0 Å². The Bertz CT molecular complexity index is 402. The van der Waals surface area contributed by atoms with E-state index in [0.717, 1.165) is 19.6 Å². The molecule has 2 aliphatic rings. The third-order valence-corrected chi connectivity index (χ3v) is 3.05. The molecule has 0 amide bonds. The standard InChI is InChI=1S/C9H11N4O/c14-9-8(11-1-2-12-9)13-5-6-3-10-4-7(6)13/h1,6-7,10H,3-5H2,(H,12,14). The Morgan fingerprint density at radius 2 is 2.50 bits per heavy atom. The first-order valence-corrected chi connectivity index (χ1v) is 4.79. The third kappa shape index (κ3) is 0.988. The summed E-state index contributed by atoms with van der Waals surface area (Å²) < 4.78 is 0. The molecule has 2 N–H and O–H groups in total. The summed E-state index contributed by atoms with van der Waals surface area (Å²) in [5.74, 6) is 1.23. The Morgan fingerprint density at radius 1 is 1.57 bits per heavy atom. The molecule has 2 aliphatic heterocycles. The third-order valence-electron chi connectivity index (χ3n) is 3.05. The highest BCUT2D eigenvalue weighted by Crippen LogP contribution is 2.29. The highest BCUT2D eigenvalue weighted by atomic mass is 16.1. The van der Waals surface area contributed by atoms with E-state index < -0.39 is 0 Å². The Hall–Kier alpha value is -1.36. The van der Waals surface area contributed by atoms with Gasteiger partial charge in [0.2, 0.25) is 0 Å². The zero-order chi connectivity index (χ0) is 9.54. The van der Waals surface area contributed by atoms with Gasteiger partial charge in [-0.3, -0.25) is 4.79 Å². The van der Waals surface area contributed by atoms with Gasteiger partial charge in [0.05, 0.1) is 12.4 Å². The van der Waals surface area contributed by atoms with E-state index in [-0.39, 0.29) is 5.56 Å². The van der Waals surface area contributed by atoms with Crippen LogP contribution in [0, 0.1) is 12.1 Å². The van der Waals surface area contributed by atoms with Crippen LogP contribution in [0.1, 0.15) is 0 Å². The number of nitrogens with one attached hydrogen (secondary N) is 2. The normalized spacial score (nSPS) is 29.9. The van der Waals surface area contributed by atoms with Crippen molar-refractivity contribution in [2.75, 3.05) is 24.5 Å². The monoisotopic (exact) mass is 191 g/mol. The van der Waals surface area contributed by atoms with E-state index in [9.17, 15) is 4.79 Å². The molecular formula is C9H11N4O. The van der Waals surface area contributed by atoms with E-state index in [1.54, 1.807) is 0 Å². The van der Waals surface area contributed by atoms with Crippen LogP contribution in [0.3, 0.4) is 0 Å². The van der Waals surface area contributed by atoms with Gasteiger partial charge >= 0.3 is 0 Å². The molecule has 73 valence electrons. The van der Waals surface area contributed by atoms with Crippen molar-refractivity contribution in [3.05, 3.63) is 22.7 Å². The van der Waals surface area contributed by atoms with Gasteiger partial charge in [-0.15, -0.1) is 0 Å². The molecule has 2 fully saturated rings. The van der Waals surface area contributed by atoms with Crippen molar-refractivity contribution in [1.29, 1.82) is 0 Å². The van der Waals surface area contributed by atoms with Gasteiger partial charge in [0.25, 0.3) is 5.56 Å². The molecule has 0 aliphatic carbocycles. The summed E-state index contributed by atoms with van der Waals surface area (Å²) in [5.41, 5.74) is -0.141. The lowest BCUT2D eigenvalue weighted by Crippen LogP contribution is -2.57. The summed E-state index contributed by atoms with van der Waals surface area (Å²) in [7, 11) is 0. The molecule has 1 aromatic rings. The van der Waals surface area contributed by atoms with E-state index in [1.807, 2.05) is 0 Å². The minimum atomic E-state index is -0.141. The molecule has 2 unspecified atom stereocenters. The van der Waals surface area contributed by atoms with Crippen LogP contribution >= 0.6 is 0 Å². The van der Waals surface area contributed by atoms with Crippen molar-refractivity contribution < 1.29 is 0 Å². The molecule has 2 atom stereocenters. The van der Waals surface area contributed by atoms with E-state index in [4.69, 9.17) is 0 Å². The molecule has 1 aromatic heterocycles. The second-order valence-electron chi connectivity index (χ2n) is 3.82. The van der Waals surface area contributed by atoms with Crippen molar-refractivity contribution in [2.45, 2.75) is 6.04 Å². The number of nitrogens with zero attached hydrogens (tertiary/aromatic N) is 2. The van der Waals surface area contributed by atoms with Crippen molar-refractivity contribution in [1.82, 2.24) is 15.3 Å². The number of hydrogen-bond acceptors (Lipinski definition) is 4. The van der Waals surface area contributed by atoms with E-state index in [0.29, 0.717) is 17.8 Å². The summed E-state index contributed by atoms with van der Waals surface area (Å²) in [6.45, 7) is 2.97. The largest absolute Gasteiger partial charge is 0.347 e. The quantitative estimate of drug-likeness (QED) is 0.596. The maximum atomic E-state index is 11.4. The minimum Gasteiger partial charge on any atom is -0.347 e. The van der Waals surface area contributed by atoms with Gasteiger partial charge in [-0.2, -0.15) is 0 Å². The van der Waals surface area contributed by atoms with Gasteiger partial charge in [0.15, 0.2) is 5.82 Å². The van der Waals surface area contributed by atoms with Crippen LogP contribution in [0.15, 0.2) is 11.0 Å². The molecule has 5 nitrogen and oxygen atoms in total. The summed E-state index contributed by atoms with van der Waals surface area (Å²) in [6, 6.07) is 0.464. The average molecular weight is 191 g/mol. The van der Waals surface area contributed by atoms with Crippen molar-refractivity contribution >= 4 is 5.82 Å². The van der Waals surface area contributed by atoms with E-state index in [2.05, 4.69) is 26.4 Å². The van der Waals surface area contributed by atoms with Crippen LogP contribution in [0.25, 0.3) is 0 Å². The number of aromatic nitrogens is 2. The van der Waals surface area contributed by atoms with Crippen LogP contribution in [-0.4, -0.2) is 35.6 Å². The molecule has 1 radical (unpaired) electrons. The Balaban J connectivity index is 1.91. The van der Waals surface area contributed by atoms with Crippen molar-refractivity contribution in [3.63, 3.8) is 0 Å². The molecule has 0 spiro atoms. The summed E-state index contributed by atoms with van der Waals surface area (Å²) >= 11 is 0. The lowest BCUT2D eigenvalue weighted by molar-refractivity contribution is 0.361. The maximum Gasteiger partial charge on any atom is 0.291 e. The highest BCUT2D eigenvalue weighted by Gasteiger charge is 2.43. The molecule has 0 aromatic carbocycles. The number of aromatic amines is 1. The van der Waals surface area contributed by atoms with Crippen LogP contribution in [0.5, 0.6) is 0 Å². The van der Waals surface area contributed by atoms with Gasteiger partial charge in [-0.05, 0) is 0 Å². The molecule has 3 rings (SSSR count). The van der Waals surface area contributed by atoms with Crippen LogP contribution in [0.2, 0.25) is 0 Å². The van der Waals surface area contributed by atoms with Gasteiger partial charge < -0.3 is 15.2 Å². The molecule has 0 bridgehead atoms. The minimum absolute atomic E-state index is 0.141. The van der Waals surface area contributed by atoms with Crippen LogP contribution in [0.4, 0.5) is 5.82 Å². The zero-order valence-electron chi connectivity index (χ0n) is 7.66. The number of H-pyrrole nitrogens is 1. The number of rotatable bonds is 1. The predicted octanol–water partition coefficient (Wildman–Crippen LogP) is -1.02. The van der Waals surface area contributed by atoms with Gasteiger partial charge in [0.1, 0.15) is 0 Å². The fraction of sp³-hybridized carbons (Fsp3) is 0.556. The second-order valence-corrected chi connectivity index (χ2v) is 3.82. The first kappa shape index (κ1) is 7.99. The SMILES string of the molecule is O=c1[nH][c]cnc1N1CC2CNCC21. The smallest absolute Gasteiger partial charge is 0.291 e. The molecule has 14 heavy (non-hydrogen) atoms. The fourth-order valence-corrected chi connectivity index (χ4v) is 2.27. The molecule has 3 heterocycles. The summed E-state index contributed by atoms with van der Waals surface area (Å²) in [6.07, 6.45) is 4.08. The van der Waals surface area contributed by atoms with Crippen molar-refractivity contribution in [2.24, 2.45) is 5.92 Å². The zero-order valence-corrected chi connectivity index (χ0v) is 7.66. The Labute approximate surface area is 81.2 Å². The van der Waals surface area contributed by atoms with E-state index in [1.165, 1.54) is 6.20 Å². The van der Waals surface area contributed by atoms with E-state index >= 15 is 0 Å². The first-order chi connectivity index (χ1) is 6.86. The maximum absolute atomic E-state index is 11.4. The summed E-state index contributed by atoms with van der Waals surface area (Å²) in [4.78, 5) is 20.1. The lowest BCUT2D eigenvalue weighted by Gasteiger charge is -2.43. The van der Waals surface area contributed by atoms with Crippen LogP contribution < -0.4 is 15.8 Å². The summed E-state index contributed by atoms with van der Waals surface area (Å²) in [5, 5.41) is 3.31. The number of hydrogen-bond donors (Lipinski definition) is 2. The van der Waals surface area contributed by atoms with Crippen molar-refractivity contribution in [3.8, 4) is 0 Å². The van der Waals surface area contributed by atoms with Crippen LogP contribution in [-0.2, 0) is 0 Å². The number of fused-ring (bicyclic) bond motifs is 1. The fourth-order valence-electron chi connectivity index (χ4n) is 2.27. The molecule has 2 saturated heterocycles.